The highest BCUT2D eigenvalue weighted by Gasteiger charge is 2.43. The molecule has 0 radical (unpaired) electrons. The first-order chi connectivity index (χ1) is 25.6. The summed E-state index contributed by atoms with van der Waals surface area (Å²) in [6, 6.07) is 11.4. The molecule has 0 fully saturated rings. The van der Waals surface area contributed by atoms with Crippen molar-refractivity contribution in [1.82, 2.24) is 29.2 Å². The number of fused-ring (bicyclic) bond motifs is 4. The zero-order valence-electron chi connectivity index (χ0n) is 31.4. The summed E-state index contributed by atoms with van der Waals surface area (Å²) < 4.78 is 3.13. The van der Waals surface area contributed by atoms with Gasteiger partial charge in [-0.05, 0) is 83.3 Å². The van der Waals surface area contributed by atoms with Crippen LogP contribution in [0.2, 0.25) is 0 Å². The molecule has 1 unspecified atom stereocenters. The minimum Gasteiger partial charge on any atom is -0.388 e. The zero-order valence-corrected chi connectivity index (χ0v) is 31.4. The molecule has 2 aromatic carbocycles. The number of carbonyl (C=O) groups is 2. The highest BCUT2D eigenvalue weighted by atomic mass is 16.3. The molecule has 278 valence electrons. The molecule has 4 aromatic heterocycles. The molecular formula is C40H44N10O4. The van der Waals surface area contributed by atoms with Gasteiger partial charge in [-0.15, -0.1) is 0 Å². The van der Waals surface area contributed by atoms with Crippen LogP contribution >= 0.6 is 0 Å². The van der Waals surface area contributed by atoms with Crippen molar-refractivity contribution in [2.45, 2.75) is 52.2 Å². The van der Waals surface area contributed by atoms with E-state index in [9.17, 15) is 19.8 Å². The Hall–Kier alpha value is -5.86. The summed E-state index contributed by atoms with van der Waals surface area (Å²) in [6.07, 6.45) is 8.42. The SMILES string of the molecule is CN(C)c1cc2c(cc1NC(=O)c1cnn3cccnc13)CC(C)(Cc1ccn3ncc(C(=O)Nc4cc5c(cc4N(C)C)[C@H](O)C(C)(C)C5)c3n1)[C@@H]2O. The molecule has 0 saturated heterocycles. The number of benzene rings is 2. The standard InChI is InChI=1S/C40H44N10O4/c1-39(2)17-22-13-29(31(47(4)5)15-25(22)33(39)51)46-38(54)28-21-43-50-12-9-24(44-36(28)50)19-40(3)18-23-14-30(32(48(6)7)16-26(23)34(40)52)45-37(53)27-20-42-49-11-8-10-41-35(27)49/h8-16,20-21,33-34,51-52H,17-19H2,1-7H3,(H,45,53)(H,46,54)/t33-,34+,40?/m0/s1. The second-order valence-corrected chi connectivity index (χ2v) is 16.0. The Kier molecular flexibility index (Phi) is 8.23. The average Bonchev–Trinajstić information content (AvgIpc) is 3.85. The predicted octanol–water partition coefficient (Wildman–Crippen LogP) is 4.86. The van der Waals surface area contributed by atoms with E-state index >= 15 is 0 Å². The summed E-state index contributed by atoms with van der Waals surface area (Å²) in [4.78, 5) is 40.4. The topological polar surface area (TPSA) is 166 Å². The van der Waals surface area contributed by atoms with Gasteiger partial charge in [-0.1, -0.05) is 20.8 Å². The Bertz CT molecular complexity index is 2480. The fourth-order valence-electron chi connectivity index (χ4n) is 8.07. The lowest BCUT2D eigenvalue weighted by Gasteiger charge is -2.28. The van der Waals surface area contributed by atoms with Crippen molar-refractivity contribution in [3.05, 3.63) is 106 Å². The lowest BCUT2D eigenvalue weighted by Crippen LogP contribution is -2.25. The molecule has 4 heterocycles. The van der Waals surface area contributed by atoms with E-state index in [1.807, 2.05) is 89.1 Å². The van der Waals surface area contributed by atoms with Gasteiger partial charge in [-0.25, -0.2) is 19.0 Å². The third-order valence-electron chi connectivity index (χ3n) is 11.0. The monoisotopic (exact) mass is 728 g/mol. The molecule has 0 spiro atoms. The van der Waals surface area contributed by atoms with Gasteiger partial charge in [0.25, 0.3) is 11.8 Å². The maximum Gasteiger partial charge on any atom is 0.261 e. The number of anilines is 4. The number of nitrogens with one attached hydrogen (secondary N) is 2. The van der Waals surface area contributed by atoms with Crippen LogP contribution in [0.25, 0.3) is 11.3 Å². The summed E-state index contributed by atoms with van der Waals surface area (Å²) in [7, 11) is 7.60. The molecular weight excluding hydrogens is 685 g/mol. The first-order valence-electron chi connectivity index (χ1n) is 17.9. The molecule has 6 aromatic rings. The molecule has 14 heteroatoms. The fourth-order valence-corrected chi connectivity index (χ4v) is 8.07. The summed E-state index contributed by atoms with van der Waals surface area (Å²) in [5.74, 6) is -0.677. The van der Waals surface area contributed by atoms with E-state index in [-0.39, 0.29) is 17.2 Å². The Labute approximate surface area is 312 Å². The van der Waals surface area contributed by atoms with Crippen LogP contribution in [-0.4, -0.2) is 79.4 Å². The van der Waals surface area contributed by atoms with Crippen molar-refractivity contribution in [2.75, 3.05) is 48.6 Å². The molecule has 54 heavy (non-hydrogen) atoms. The minimum atomic E-state index is -0.807. The van der Waals surface area contributed by atoms with Gasteiger partial charge in [0, 0.05) is 57.9 Å². The largest absolute Gasteiger partial charge is 0.388 e. The van der Waals surface area contributed by atoms with Crippen LogP contribution in [0.5, 0.6) is 0 Å². The number of aliphatic hydroxyl groups is 2. The fraction of sp³-hybridized carbons (Fsp3) is 0.350. The van der Waals surface area contributed by atoms with Gasteiger partial charge < -0.3 is 30.6 Å². The predicted molar refractivity (Wildman–Crippen MR) is 206 cm³/mol. The number of hydrogen-bond acceptors (Lipinski definition) is 10. The van der Waals surface area contributed by atoms with Crippen molar-refractivity contribution >= 4 is 45.9 Å². The zero-order chi connectivity index (χ0) is 38.3. The Balaban J connectivity index is 1.05. The third-order valence-corrected chi connectivity index (χ3v) is 11.0. The molecule has 4 N–H and O–H groups in total. The summed E-state index contributed by atoms with van der Waals surface area (Å²) >= 11 is 0. The Morgan fingerprint density at radius 2 is 1.35 bits per heavy atom. The Morgan fingerprint density at radius 3 is 1.96 bits per heavy atom. The number of rotatable bonds is 8. The van der Waals surface area contributed by atoms with Gasteiger partial charge in [0.1, 0.15) is 11.1 Å². The van der Waals surface area contributed by atoms with Crippen molar-refractivity contribution in [3.8, 4) is 0 Å². The van der Waals surface area contributed by atoms with Gasteiger partial charge >= 0.3 is 0 Å². The number of amides is 2. The van der Waals surface area contributed by atoms with Crippen LogP contribution in [0.15, 0.2) is 67.4 Å². The van der Waals surface area contributed by atoms with E-state index in [0.29, 0.717) is 58.8 Å². The van der Waals surface area contributed by atoms with Crippen LogP contribution in [0, 0.1) is 10.8 Å². The molecule has 8 rings (SSSR count). The van der Waals surface area contributed by atoms with E-state index in [1.165, 1.54) is 12.4 Å². The van der Waals surface area contributed by atoms with E-state index in [0.717, 1.165) is 33.6 Å². The smallest absolute Gasteiger partial charge is 0.261 e. The highest BCUT2D eigenvalue weighted by Crippen LogP contribution is 2.50. The van der Waals surface area contributed by atoms with E-state index in [2.05, 4.69) is 25.8 Å². The van der Waals surface area contributed by atoms with E-state index < -0.39 is 17.6 Å². The van der Waals surface area contributed by atoms with Crippen molar-refractivity contribution in [1.29, 1.82) is 0 Å². The van der Waals surface area contributed by atoms with Crippen LogP contribution < -0.4 is 20.4 Å². The third kappa shape index (κ3) is 5.82. The van der Waals surface area contributed by atoms with E-state index in [4.69, 9.17) is 4.98 Å². The average molecular weight is 729 g/mol. The summed E-state index contributed by atoms with van der Waals surface area (Å²) in [5, 5.41) is 37.6. The number of aliphatic hydroxyl groups excluding tert-OH is 2. The van der Waals surface area contributed by atoms with Gasteiger partial charge in [-0.3, -0.25) is 9.59 Å². The molecule has 2 aliphatic carbocycles. The van der Waals surface area contributed by atoms with Crippen LogP contribution in [-0.2, 0) is 19.3 Å². The minimum absolute atomic E-state index is 0.302. The molecule has 2 amide bonds. The summed E-state index contributed by atoms with van der Waals surface area (Å²) in [5.41, 5.74) is 7.74. The van der Waals surface area contributed by atoms with Crippen molar-refractivity contribution in [3.63, 3.8) is 0 Å². The molecule has 0 saturated carbocycles. The maximum atomic E-state index is 13.9. The summed E-state index contributed by atoms with van der Waals surface area (Å²) in [6.45, 7) is 6.11. The van der Waals surface area contributed by atoms with Crippen LogP contribution in [0.1, 0.15) is 81.6 Å². The number of nitrogens with zero attached hydrogens (tertiary/aromatic N) is 8. The number of carbonyl (C=O) groups excluding carboxylic acids is 2. The van der Waals surface area contributed by atoms with Gasteiger partial charge in [0.2, 0.25) is 0 Å². The molecule has 2 aliphatic rings. The first-order valence-corrected chi connectivity index (χ1v) is 17.9. The van der Waals surface area contributed by atoms with Crippen LogP contribution in [0.3, 0.4) is 0 Å². The van der Waals surface area contributed by atoms with Crippen molar-refractivity contribution in [2.24, 2.45) is 10.8 Å². The quantitative estimate of drug-likeness (QED) is 0.170. The maximum absolute atomic E-state index is 13.9. The molecule has 14 nitrogen and oxygen atoms in total. The first kappa shape index (κ1) is 35.2. The number of aromatic nitrogens is 6. The van der Waals surface area contributed by atoms with E-state index in [1.54, 1.807) is 33.7 Å². The lowest BCUT2D eigenvalue weighted by molar-refractivity contribution is 0.0521. The Morgan fingerprint density at radius 1 is 0.796 bits per heavy atom. The lowest BCUT2D eigenvalue weighted by atomic mass is 9.80. The van der Waals surface area contributed by atoms with Crippen LogP contribution in [0.4, 0.5) is 22.7 Å². The highest BCUT2D eigenvalue weighted by molar-refractivity contribution is 6.10. The molecule has 0 bridgehead atoms. The van der Waals surface area contributed by atoms with Gasteiger partial charge in [0.15, 0.2) is 11.3 Å². The van der Waals surface area contributed by atoms with Crippen molar-refractivity contribution < 1.29 is 19.8 Å². The number of hydrogen-bond donors (Lipinski definition) is 4. The second kappa shape index (κ2) is 12.6. The normalized spacial score (nSPS) is 19.9. The molecule has 0 aliphatic heterocycles. The second-order valence-electron chi connectivity index (χ2n) is 16.0. The van der Waals surface area contributed by atoms with Gasteiger partial charge in [0.05, 0.1) is 47.4 Å². The van der Waals surface area contributed by atoms with Gasteiger partial charge in [-0.2, -0.15) is 10.2 Å². The molecule has 3 atom stereocenters.